The monoisotopic (exact) mass is 794 g/mol. The van der Waals surface area contributed by atoms with E-state index in [1.165, 1.54) is 54.9 Å². The number of rotatable bonds is 7. The number of benzene rings is 10. The molecule has 3 heteroatoms. The molecule has 0 bridgehead atoms. The zero-order valence-corrected chi connectivity index (χ0v) is 34.6. The van der Waals surface area contributed by atoms with Gasteiger partial charge in [0.25, 0.3) is 0 Å². The van der Waals surface area contributed by atoms with E-state index in [2.05, 4.69) is 230 Å². The van der Waals surface area contributed by atoms with Gasteiger partial charge in [0, 0.05) is 44.6 Å². The molecular weight excluding hydrogens is 753 g/mol. The summed E-state index contributed by atoms with van der Waals surface area (Å²) in [6, 6.07) is 78.9. The van der Waals surface area contributed by atoms with E-state index in [1.807, 2.05) is 12.1 Å². The Kier molecular flexibility index (Phi) is 8.20. The van der Waals surface area contributed by atoms with Crippen LogP contribution in [0, 0.1) is 0 Å². The van der Waals surface area contributed by atoms with Crippen LogP contribution in [0.4, 0.5) is 34.1 Å². The zero-order chi connectivity index (χ0) is 41.4. The SMILES string of the molecule is CC1(C)c2cc(-c3ccc(N(c4ccccc4)c4cccc5c4oc4ccccc45)cc3)ccc2-c2cc3ccc(N(c4ccccc4)c4ccccc4)cc3c3cccc1c23. The molecule has 0 saturated heterocycles. The molecule has 0 radical (unpaired) electrons. The summed E-state index contributed by atoms with van der Waals surface area (Å²) in [7, 11) is 0. The highest BCUT2D eigenvalue weighted by molar-refractivity contribution is 6.17. The van der Waals surface area contributed by atoms with Crippen LogP contribution in [0.2, 0.25) is 0 Å². The standard InChI is InChI=1S/C59H42N2O/c1-59(2)53-25-14-23-49-51-38-46(60(42-16-6-3-7-17-42)43-18-8-4-9-19-43)34-30-41(51)36-52(57(49)53)47-35-31-40(37-54(47)59)39-28-32-45(33-29-39)61(44-20-10-5-11-21-44)55-26-15-24-50-48-22-12-13-27-56(48)62-58(50)55/h3-38H,1-2H3. The first-order chi connectivity index (χ1) is 30.5. The summed E-state index contributed by atoms with van der Waals surface area (Å²) >= 11 is 0. The van der Waals surface area contributed by atoms with E-state index in [0.717, 1.165) is 56.1 Å². The van der Waals surface area contributed by atoms with Crippen LogP contribution in [0.25, 0.3) is 65.7 Å². The van der Waals surface area contributed by atoms with Crippen molar-refractivity contribution in [2.75, 3.05) is 9.80 Å². The molecular formula is C59H42N2O. The van der Waals surface area contributed by atoms with Gasteiger partial charge in [-0.2, -0.15) is 0 Å². The van der Waals surface area contributed by atoms with Crippen LogP contribution in [-0.2, 0) is 5.41 Å². The van der Waals surface area contributed by atoms with Crippen LogP contribution < -0.4 is 9.80 Å². The van der Waals surface area contributed by atoms with Crippen LogP contribution in [-0.4, -0.2) is 0 Å². The van der Waals surface area contributed by atoms with Gasteiger partial charge in [-0.05, 0) is 140 Å². The average molecular weight is 795 g/mol. The number of furan rings is 1. The van der Waals surface area contributed by atoms with Crippen molar-refractivity contribution in [3.63, 3.8) is 0 Å². The van der Waals surface area contributed by atoms with E-state index in [-0.39, 0.29) is 5.41 Å². The molecule has 1 aliphatic carbocycles. The first-order valence-corrected chi connectivity index (χ1v) is 21.4. The van der Waals surface area contributed by atoms with Gasteiger partial charge in [0.15, 0.2) is 5.58 Å². The summed E-state index contributed by atoms with van der Waals surface area (Å²) in [6.07, 6.45) is 0. The molecule has 1 heterocycles. The Morgan fingerprint density at radius 3 is 1.68 bits per heavy atom. The molecule has 0 spiro atoms. The van der Waals surface area contributed by atoms with Crippen LogP contribution in [0.15, 0.2) is 223 Å². The quantitative estimate of drug-likeness (QED) is 0.150. The lowest BCUT2D eigenvalue weighted by Crippen LogP contribution is -2.23. The molecule has 0 fully saturated rings. The summed E-state index contributed by atoms with van der Waals surface area (Å²) < 4.78 is 6.55. The third-order valence-electron chi connectivity index (χ3n) is 13.0. The largest absolute Gasteiger partial charge is 0.454 e. The maximum atomic E-state index is 6.55. The van der Waals surface area contributed by atoms with Gasteiger partial charge in [-0.3, -0.25) is 0 Å². The molecule has 1 aliphatic rings. The summed E-state index contributed by atoms with van der Waals surface area (Å²) in [5, 5.41) is 7.37. The second-order valence-corrected chi connectivity index (χ2v) is 16.9. The van der Waals surface area contributed by atoms with Crippen molar-refractivity contribution in [3.05, 3.63) is 230 Å². The highest BCUT2D eigenvalue weighted by Gasteiger charge is 2.34. The number of anilines is 6. The number of nitrogens with zero attached hydrogens (tertiary/aromatic N) is 2. The van der Waals surface area contributed by atoms with Gasteiger partial charge in [-0.1, -0.05) is 147 Å². The van der Waals surface area contributed by atoms with Crippen LogP contribution >= 0.6 is 0 Å². The highest BCUT2D eigenvalue weighted by atomic mass is 16.3. The third-order valence-corrected chi connectivity index (χ3v) is 13.0. The molecule has 0 aliphatic heterocycles. The predicted octanol–water partition coefficient (Wildman–Crippen LogP) is 16.8. The first-order valence-electron chi connectivity index (χ1n) is 21.4. The maximum absolute atomic E-state index is 6.55. The van der Waals surface area contributed by atoms with E-state index in [4.69, 9.17) is 4.42 Å². The number of hydrogen-bond donors (Lipinski definition) is 0. The summed E-state index contributed by atoms with van der Waals surface area (Å²) in [6.45, 7) is 4.78. The zero-order valence-electron chi connectivity index (χ0n) is 34.6. The fraction of sp³-hybridized carbons (Fsp3) is 0.0508. The number of hydrogen-bond acceptors (Lipinski definition) is 3. The predicted molar refractivity (Wildman–Crippen MR) is 261 cm³/mol. The summed E-state index contributed by atoms with van der Waals surface area (Å²) in [4.78, 5) is 4.65. The number of para-hydroxylation sites is 5. The molecule has 10 aromatic carbocycles. The Bertz CT molecular complexity index is 3440. The molecule has 12 rings (SSSR count). The first kappa shape index (κ1) is 36.0. The van der Waals surface area contributed by atoms with Crippen molar-refractivity contribution in [1.82, 2.24) is 0 Å². The molecule has 0 N–H and O–H groups in total. The molecule has 0 unspecified atom stereocenters. The van der Waals surface area contributed by atoms with Crippen molar-refractivity contribution >= 4 is 77.6 Å². The van der Waals surface area contributed by atoms with E-state index in [1.54, 1.807) is 0 Å². The highest BCUT2D eigenvalue weighted by Crippen LogP contribution is 2.52. The molecule has 0 saturated carbocycles. The minimum Gasteiger partial charge on any atom is -0.454 e. The molecule has 0 atom stereocenters. The second kappa shape index (κ2) is 14.1. The lowest BCUT2D eigenvalue weighted by atomic mass is 9.67. The van der Waals surface area contributed by atoms with Crippen molar-refractivity contribution in [2.24, 2.45) is 0 Å². The third kappa shape index (κ3) is 5.66. The lowest BCUT2D eigenvalue weighted by Gasteiger charge is -2.36. The van der Waals surface area contributed by atoms with Gasteiger partial charge in [0.05, 0.1) is 5.69 Å². The maximum Gasteiger partial charge on any atom is 0.159 e. The van der Waals surface area contributed by atoms with E-state index < -0.39 is 0 Å². The van der Waals surface area contributed by atoms with Crippen LogP contribution in [0.5, 0.6) is 0 Å². The normalized spacial score (nSPS) is 12.8. The van der Waals surface area contributed by atoms with Gasteiger partial charge in [0.2, 0.25) is 0 Å². The van der Waals surface area contributed by atoms with E-state index >= 15 is 0 Å². The molecule has 294 valence electrons. The molecule has 1 aromatic heterocycles. The minimum atomic E-state index is -0.224. The smallest absolute Gasteiger partial charge is 0.159 e. The van der Waals surface area contributed by atoms with Gasteiger partial charge >= 0.3 is 0 Å². The topological polar surface area (TPSA) is 19.6 Å². The summed E-state index contributed by atoms with van der Waals surface area (Å²) in [5.74, 6) is 0. The van der Waals surface area contributed by atoms with Gasteiger partial charge in [0.1, 0.15) is 5.58 Å². The van der Waals surface area contributed by atoms with Crippen LogP contribution in [0.3, 0.4) is 0 Å². The minimum absolute atomic E-state index is 0.224. The molecule has 62 heavy (non-hydrogen) atoms. The second-order valence-electron chi connectivity index (χ2n) is 16.9. The Balaban J connectivity index is 0.951. The fourth-order valence-corrected chi connectivity index (χ4v) is 10.0. The fourth-order valence-electron chi connectivity index (χ4n) is 10.0. The van der Waals surface area contributed by atoms with Crippen molar-refractivity contribution in [3.8, 4) is 22.3 Å². The van der Waals surface area contributed by atoms with Crippen molar-refractivity contribution < 1.29 is 4.42 Å². The lowest BCUT2D eigenvalue weighted by molar-refractivity contribution is 0.645. The van der Waals surface area contributed by atoms with Gasteiger partial charge < -0.3 is 14.2 Å². The Hall–Kier alpha value is -7.88. The summed E-state index contributed by atoms with van der Waals surface area (Å²) in [5.41, 5.74) is 15.8. The van der Waals surface area contributed by atoms with E-state index in [9.17, 15) is 0 Å². The molecule has 0 amide bonds. The molecule has 3 nitrogen and oxygen atoms in total. The van der Waals surface area contributed by atoms with Crippen molar-refractivity contribution in [2.45, 2.75) is 19.3 Å². The Morgan fingerprint density at radius 2 is 0.952 bits per heavy atom. The average Bonchev–Trinajstić information content (AvgIpc) is 3.72. The van der Waals surface area contributed by atoms with Gasteiger partial charge in [-0.25, -0.2) is 0 Å². The Labute approximate surface area is 361 Å². The molecule has 11 aromatic rings. The van der Waals surface area contributed by atoms with Crippen molar-refractivity contribution in [1.29, 1.82) is 0 Å². The number of fused-ring (bicyclic) bond motifs is 7. The van der Waals surface area contributed by atoms with Crippen LogP contribution in [0.1, 0.15) is 25.0 Å². The van der Waals surface area contributed by atoms with Gasteiger partial charge in [-0.15, -0.1) is 0 Å². The Morgan fingerprint density at radius 1 is 0.371 bits per heavy atom. The van der Waals surface area contributed by atoms with E-state index in [0.29, 0.717) is 0 Å².